The molecular formula is C17H14N4O. The van der Waals surface area contributed by atoms with Crippen LogP contribution in [0, 0.1) is 11.3 Å². The number of hydrogen-bond acceptors (Lipinski definition) is 4. The van der Waals surface area contributed by atoms with Crippen LogP contribution in [-0.4, -0.2) is 21.3 Å². The fourth-order valence-electron chi connectivity index (χ4n) is 2.26. The third kappa shape index (κ3) is 2.74. The molecule has 1 aromatic carbocycles. The van der Waals surface area contributed by atoms with Crippen molar-refractivity contribution in [2.24, 2.45) is 5.73 Å². The number of H-pyrrole nitrogens is 1. The second-order valence-corrected chi connectivity index (χ2v) is 4.90. The highest BCUT2D eigenvalue weighted by Gasteiger charge is 2.06. The lowest BCUT2D eigenvalue weighted by atomic mass is 10.0. The number of hydrogen-bond donors (Lipinski definition) is 3. The van der Waals surface area contributed by atoms with Gasteiger partial charge >= 0.3 is 0 Å². The molecule has 5 heteroatoms. The number of nitriles is 1. The predicted molar refractivity (Wildman–Crippen MR) is 85.5 cm³/mol. The third-order valence-corrected chi connectivity index (χ3v) is 3.38. The van der Waals surface area contributed by atoms with Crippen molar-refractivity contribution >= 4 is 17.1 Å². The smallest absolute Gasteiger partial charge is 0.137 e. The normalized spacial score (nSPS) is 12.6. The van der Waals surface area contributed by atoms with Crippen LogP contribution in [0.4, 0.5) is 0 Å². The summed E-state index contributed by atoms with van der Waals surface area (Å²) in [7, 11) is 0. The maximum atomic E-state index is 9.14. The number of aromatic amines is 1. The van der Waals surface area contributed by atoms with Gasteiger partial charge in [0.1, 0.15) is 11.9 Å². The molecule has 5 nitrogen and oxygen atoms in total. The molecule has 108 valence electrons. The number of nitrogens with zero attached hydrogens (tertiary/aromatic N) is 2. The van der Waals surface area contributed by atoms with E-state index < -0.39 is 6.23 Å². The van der Waals surface area contributed by atoms with Gasteiger partial charge in [-0.2, -0.15) is 5.26 Å². The number of nitrogens with one attached hydrogen (secondary N) is 1. The summed E-state index contributed by atoms with van der Waals surface area (Å²) in [6.07, 6.45) is 5.88. The summed E-state index contributed by atoms with van der Waals surface area (Å²) < 4.78 is 0. The highest BCUT2D eigenvalue weighted by atomic mass is 16.3. The maximum Gasteiger partial charge on any atom is 0.137 e. The Hall–Kier alpha value is -2.94. The van der Waals surface area contributed by atoms with E-state index in [4.69, 9.17) is 16.1 Å². The summed E-state index contributed by atoms with van der Waals surface area (Å²) in [6.45, 7) is 0. The first-order chi connectivity index (χ1) is 10.7. The number of aromatic nitrogens is 2. The summed E-state index contributed by atoms with van der Waals surface area (Å²) >= 11 is 0. The Labute approximate surface area is 127 Å². The number of aliphatic hydroxyl groups excluding tert-OH is 1. The van der Waals surface area contributed by atoms with Crippen LogP contribution in [0.5, 0.6) is 0 Å². The molecule has 1 unspecified atom stereocenters. The van der Waals surface area contributed by atoms with Gasteiger partial charge in [0, 0.05) is 28.9 Å². The average molecular weight is 290 g/mol. The second kappa shape index (κ2) is 5.82. The van der Waals surface area contributed by atoms with Gasteiger partial charge in [-0.05, 0) is 29.8 Å². The highest BCUT2D eigenvalue weighted by molar-refractivity contribution is 5.89. The Bertz CT molecular complexity index is 870. The monoisotopic (exact) mass is 290 g/mol. The minimum Gasteiger partial charge on any atom is -0.375 e. The lowest BCUT2D eigenvalue weighted by Gasteiger charge is -2.02. The Balaban J connectivity index is 2.04. The molecule has 3 aromatic rings. The first-order valence-electron chi connectivity index (χ1n) is 6.77. The Morgan fingerprint density at radius 3 is 2.73 bits per heavy atom. The molecule has 0 saturated heterocycles. The Morgan fingerprint density at radius 1 is 1.27 bits per heavy atom. The van der Waals surface area contributed by atoms with Crippen molar-refractivity contribution in [3.63, 3.8) is 0 Å². The predicted octanol–water partition coefficient (Wildman–Crippen LogP) is 2.39. The Kier molecular flexibility index (Phi) is 3.71. The van der Waals surface area contributed by atoms with E-state index in [1.165, 1.54) is 6.08 Å². The summed E-state index contributed by atoms with van der Waals surface area (Å²) in [6, 6.07) is 11.5. The van der Waals surface area contributed by atoms with Crippen LogP contribution in [0.1, 0.15) is 11.1 Å². The van der Waals surface area contributed by atoms with Gasteiger partial charge in [0.15, 0.2) is 0 Å². The molecule has 0 aliphatic carbocycles. The lowest BCUT2D eigenvalue weighted by molar-refractivity contribution is 0.232. The second-order valence-electron chi connectivity index (χ2n) is 4.90. The van der Waals surface area contributed by atoms with Crippen LogP contribution >= 0.6 is 0 Å². The quantitative estimate of drug-likeness (QED) is 0.645. The zero-order chi connectivity index (χ0) is 15.5. The number of fused-ring (bicyclic) bond motifs is 1. The molecule has 0 saturated carbocycles. The number of benzene rings is 1. The van der Waals surface area contributed by atoms with Gasteiger partial charge in [-0.1, -0.05) is 18.2 Å². The van der Waals surface area contributed by atoms with Crippen LogP contribution in [0.15, 0.2) is 48.8 Å². The van der Waals surface area contributed by atoms with Crippen LogP contribution in [-0.2, 0) is 0 Å². The van der Waals surface area contributed by atoms with E-state index in [0.29, 0.717) is 5.56 Å². The summed E-state index contributed by atoms with van der Waals surface area (Å²) in [5, 5.41) is 18.9. The number of nitrogens with two attached hydrogens (primary N) is 1. The molecule has 2 heterocycles. The molecule has 4 N–H and O–H groups in total. The van der Waals surface area contributed by atoms with Gasteiger partial charge in [-0.3, -0.25) is 0 Å². The Morgan fingerprint density at radius 2 is 2.05 bits per heavy atom. The summed E-state index contributed by atoms with van der Waals surface area (Å²) in [5.41, 5.74) is 9.56. The first-order valence-corrected chi connectivity index (χ1v) is 6.77. The zero-order valence-electron chi connectivity index (χ0n) is 11.7. The molecule has 0 aliphatic rings. The maximum absolute atomic E-state index is 9.14. The van der Waals surface area contributed by atoms with Crippen LogP contribution in [0.2, 0.25) is 0 Å². The third-order valence-electron chi connectivity index (χ3n) is 3.38. The van der Waals surface area contributed by atoms with E-state index in [1.54, 1.807) is 24.4 Å². The zero-order valence-corrected chi connectivity index (χ0v) is 11.7. The molecular weight excluding hydrogens is 276 g/mol. The number of rotatable bonds is 3. The number of aliphatic hydroxyl groups is 1. The molecule has 0 aliphatic heterocycles. The average Bonchev–Trinajstić information content (AvgIpc) is 2.95. The minimum absolute atomic E-state index is 0.625. The topological polar surface area (TPSA) is 98.7 Å². The summed E-state index contributed by atoms with van der Waals surface area (Å²) in [5.74, 6) is 0. The van der Waals surface area contributed by atoms with Crippen LogP contribution in [0.25, 0.3) is 28.2 Å². The van der Waals surface area contributed by atoms with Gasteiger partial charge in [-0.15, -0.1) is 0 Å². The van der Waals surface area contributed by atoms with E-state index in [1.807, 2.05) is 24.4 Å². The molecule has 0 fully saturated rings. The van der Waals surface area contributed by atoms with Crippen molar-refractivity contribution in [1.82, 2.24) is 9.97 Å². The molecule has 0 bridgehead atoms. The van der Waals surface area contributed by atoms with Crippen LogP contribution < -0.4 is 5.73 Å². The molecule has 0 amide bonds. The van der Waals surface area contributed by atoms with Crippen molar-refractivity contribution < 1.29 is 5.11 Å². The van der Waals surface area contributed by atoms with E-state index in [-0.39, 0.29) is 0 Å². The molecule has 0 radical (unpaired) electrons. The molecule has 0 spiro atoms. The van der Waals surface area contributed by atoms with Gasteiger partial charge in [0.05, 0.1) is 11.6 Å². The van der Waals surface area contributed by atoms with Gasteiger partial charge in [0.2, 0.25) is 0 Å². The number of pyridine rings is 1. The fourth-order valence-corrected chi connectivity index (χ4v) is 2.26. The van der Waals surface area contributed by atoms with Crippen LogP contribution in [0.3, 0.4) is 0 Å². The van der Waals surface area contributed by atoms with Crippen molar-refractivity contribution in [2.75, 3.05) is 0 Å². The SMILES string of the molecule is N#Cc1ccc(-c2cnc3[nH]cc(C=CC(N)O)c3c2)cc1. The lowest BCUT2D eigenvalue weighted by Crippen LogP contribution is -2.14. The van der Waals surface area contributed by atoms with Crippen molar-refractivity contribution in [2.45, 2.75) is 6.23 Å². The largest absolute Gasteiger partial charge is 0.375 e. The molecule has 2 aromatic heterocycles. The van der Waals surface area contributed by atoms with Crippen molar-refractivity contribution in [3.8, 4) is 17.2 Å². The van der Waals surface area contributed by atoms with E-state index in [2.05, 4.69) is 16.0 Å². The van der Waals surface area contributed by atoms with E-state index >= 15 is 0 Å². The standard InChI is InChI=1S/C17H14N4O/c18-8-11-1-3-12(4-2-11)14-7-15-13(5-6-16(19)22)9-20-17(15)21-10-14/h1-7,9-10,16,22H,19H2,(H,20,21). The van der Waals surface area contributed by atoms with Gasteiger partial charge in [0.25, 0.3) is 0 Å². The fraction of sp³-hybridized carbons (Fsp3) is 0.0588. The van der Waals surface area contributed by atoms with Crippen molar-refractivity contribution in [3.05, 3.63) is 59.9 Å². The van der Waals surface area contributed by atoms with Crippen molar-refractivity contribution in [1.29, 1.82) is 5.26 Å². The molecule has 22 heavy (non-hydrogen) atoms. The summed E-state index contributed by atoms with van der Waals surface area (Å²) in [4.78, 5) is 7.48. The first kappa shape index (κ1) is 14.0. The molecule has 3 rings (SSSR count). The van der Waals surface area contributed by atoms with E-state index in [9.17, 15) is 0 Å². The van der Waals surface area contributed by atoms with E-state index in [0.717, 1.165) is 27.7 Å². The minimum atomic E-state index is -0.986. The highest BCUT2D eigenvalue weighted by Crippen LogP contribution is 2.25. The van der Waals surface area contributed by atoms with Gasteiger partial charge in [-0.25, -0.2) is 4.98 Å². The van der Waals surface area contributed by atoms with Gasteiger partial charge < -0.3 is 15.8 Å². The molecule has 1 atom stereocenters.